The van der Waals surface area contributed by atoms with E-state index in [1.54, 1.807) is 0 Å². The Labute approximate surface area is 111 Å². The summed E-state index contributed by atoms with van der Waals surface area (Å²) in [6.45, 7) is 2.15. The van der Waals surface area contributed by atoms with Gasteiger partial charge in [0.15, 0.2) is 0 Å². The number of hydrogen-bond donors (Lipinski definition) is 2. The van der Waals surface area contributed by atoms with Crippen molar-refractivity contribution in [1.82, 2.24) is 15.5 Å². The molecule has 1 amide bonds. The number of aryl methyl sites for hydroxylation is 1. The molecule has 0 aromatic carbocycles. The van der Waals surface area contributed by atoms with E-state index in [4.69, 9.17) is 5.11 Å². The molecule has 0 atom stereocenters. The van der Waals surface area contributed by atoms with Crippen LogP contribution in [-0.4, -0.2) is 33.9 Å². The number of carbonyl (C=O) groups is 1. The predicted octanol–water partition coefficient (Wildman–Crippen LogP) is 1.06. The summed E-state index contributed by atoms with van der Waals surface area (Å²) in [4.78, 5) is 11.8. The van der Waals surface area contributed by atoms with Gasteiger partial charge in [-0.2, -0.15) is 0 Å². The molecule has 1 heterocycles. The highest BCUT2D eigenvalue weighted by molar-refractivity contribution is 7.11. The lowest BCUT2D eigenvalue weighted by molar-refractivity contribution is -0.121. The lowest BCUT2D eigenvalue weighted by atomic mass is 9.86. The van der Waals surface area contributed by atoms with E-state index in [-0.39, 0.29) is 18.6 Å². The molecule has 1 saturated carbocycles. The van der Waals surface area contributed by atoms with E-state index < -0.39 is 0 Å². The molecule has 0 bridgehead atoms. The molecule has 1 aliphatic rings. The van der Waals surface area contributed by atoms with Crippen LogP contribution in [0, 0.1) is 12.8 Å². The van der Waals surface area contributed by atoms with Crippen LogP contribution in [-0.2, 0) is 11.2 Å². The van der Waals surface area contributed by atoms with Gasteiger partial charge in [-0.05, 0) is 38.5 Å². The van der Waals surface area contributed by atoms with Crippen LogP contribution in [0.15, 0.2) is 0 Å². The first-order valence-corrected chi connectivity index (χ1v) is 7.18. The molecule has 0 saturated heterocycles. The van der Waals surface area contributed by atoms with E-state index in [0.717, 1.165) is 35.7 Å². The van der Waals surface area contributed by atoms with E-state index in [1.807, 2.05) is 6.92 Å². The summed E-state index contributed by atoms with van der Waals surface area (Å²) in [5.74, 6) is 0.447. The molecule has 0 spiro atoms. The zero-order valence-electron chi connectivity index (χ0n) is 10.6. The normalized spacial score (nSPS) is 23.9. The van der Waals surface area contributed by atoms with Gasteiger partial charge in [0.2, 0.25) is 5.91 Å². The molecular formula is C12H19N3O2S. The first kappa shape index (κ1) is 13.4. The molecule has 1 aromatic heterocycles. The van der Waals surface area contributed by atoms with Gasteiger partial charge in [0, 0.05) is 12.6 Å². The van der Waals surface area contributed by atoms with Crippen LogP contribution in [0.2, 0.25) is 0 Å². The highest BCUT2D eigenvalue weighted by Crippen LogP contribution is 2.23. The van der Waals surface area contributed by atoms with E-state index in [1.165, 1.54) is 11.3 Å². The summed E-state index contributed by atoms with van der Waals surface area (Å²) < 4.78 is 0. The fraction of sp³-hybridized carbons (Fsp3) is 0.750. The van der Waals surface area contributed by atoms with Gasteiger partial charge >= 0.3 is 0 Å². The number of amides is 1. The van der Waals surface area contributed by atoms with Crippen LogP contribution in [0.1, 0.15) is 35.7 Å². The zero-order valence-corrected chi connectivity index (χ0v) is 11.4. The molecule has 0 radical (unpaired) electrons. The number of aliphatic hydroxyl groups is 1. The molecule has 18 heavy (non-hydrogen) atoms. The summed E-state index contributed by atoms with van der Waals surface area (Å²) in [7, 11) is 0. The van der Waals surface area contributed by atoms with Crippen molar-refractivity contribution in [2.45, 2.75) is 45.1 Å². The molecule has 2 rings (SSSR count). The Morgan fingerprint density at radius 1 is 1.39 bits per heavy atom. The van der Waals surface area contributed by atoms with Crippen molar-refractivity contribution in [2.75, 3.05) is 6.61 Å². The van der Waals surface area contributed by atoms with Gasteiger partial charge in [0.1, 0.15) is 10.0 Å². The monoisotopic (exact) mass is 269 g/mol. The van der Waals surface area contributed by atoms with E-state index in [9.17, 15) is 4.79 Å². The lowest BCUT2D eigenvalue weighted by Crippen LogP contribution is -2.38. The Balaban J connectivity index is 1.75. The Bertz CT molecular complexity index is 400. The fourth-order valence-electron chi connectivity index (χ4n) is 2.31. The molecule has 100 valence electrons. The number of nitrogens with zero attached hydrogens (tertiary/aromatic N) is 2. The van der Waals surface area contributed by atoms with E-state index in [0.29, 0.717) is 12.3 Å². The minimum atomic E-state index is 0.0265. The summed E-state index contributed by atoms with van der Waals surface area (Å²) in [5, 5.41) is 21.6. The van der Waals surface area contributed by atoms with Crippen LogP contribution in [0.4, 0.5) is 0 Å². The summed E-state index contributed by atoms with van der Waals surface area (Å²) in [5.41, 5.74) is 0. The smallest absolute Gasteiger partial charge is 0.227 e. The maximum atomic E-state index is 11.8. The lowest BCUT2D eigenvalue weighted by Gasteiger charge is -2.27. The first-order valence-electron chi connectivity index (χ1n) is 6.36. The summed E-state index contributed by atoms with van der Waals surface area (Å²) >= 11 is 1.47. The fourth-order valence-corrected chi connectivity index (χ4v) is 3.02. The molecule has 2 N–H and O–H groups in total. The van der Waals surface area contributed by atoms with Gasteiger partial charge < -0.3 is 10.4 Å². The largest absolute Gasteiger partial charge is 0.396 e. The SMILES string of the molecule is Cc1nnc(CC(=O)NC2CCC(CO)CC2)s1. The Morgan fingerprint density at radius 2 is 2.11 bits per heavy atom. The number of aromatic nitrogens is 2. The molecule has 1 aromatic rings. The van der Waals surface area contributed by atoms with Crippen molar-refractivity contribution >= 4 is 17.2 Å². The van der Waals surface area contributed by atoms with Gasteiger partial charge in [-0.25, -0.2) is 0 Å². The minimum absolute atomic E-state index is 0.0265. The van der Waals surface area contributed by atoms with Gasteiger partial charge in [-0.15, -0.1) is 21.5 Å². The highest BCUT2D eigenvalue weighted by Gasteiger charge is 2.22. The predicted molar refractivity (Wildman–Crippen MR) is 69.3 cm³/mol. The molecule has 1 aliphatic carbocycles. The van der Waals surface area contributed by atoms with E-state index >= 15 is 0 Å². The number of rotatable bonds is 4. The van der Waals surface area contributed by atoms with Crippen LogP contribution in [0.5, 0.6) is 0 Å². The highest BCUT2D eigenvalue weighted by atomic mass is 32.1. The summed E-state index contributed by atoms with van der Waals surface area (Å²) in [6, 6.07) is 0.259. The average Bonchev–Trinajstić information content (AvgIpc) is 2.75. The van der Waals surface area contributed by atoms with Crippen molar-refractivity contribution < 1.29 is 9.90 Å². The second kappa shape index (κ2) is 6.24. The second-order valence-corrected chi connectivity index (χ2v) is 6.13. The summed E-state index contributed by atoms with van der Waals surface area (Å²) in [6.07, 6.45) is 4.25. The average molecular weight is 269 g/mol. The topological polar surface area (TPSA) is 75.1 Å². The van der Waals surface area contributed by atoms with Crippen molar-refractivity contribution in [1.29, 1.82) is 0 Å². The van der Waals surface area contributed by atoms with Gasteiger partial charge in [0.05, 0.1) is 6.42 Å². The Kier molecular flexibility index (Phi) is 4.66. The van der Waals surface area contributed by atoms with Crippen molar-refractivity contribution in [3.63, 3.8) is 0 Å². The van der Waals surface area contributed by atoms with Crippen LogP contribution in [0.25, 0.3) is 0 Å². The third-order valence-electron chi connectivity index (χ3n) is 3.35. The molecule has 1 fully saturated rings. The molecule has 6 heteroatoms. The van der Waals surface area contributed by atoms with Crippen molar-refractivity contribution in [3.05, 3.63) is 10.0 Å². The maximum Gasteiger partial charge on any atom is 0.227 e. The number of carbonyl (C=O) groups excluding carboxylic acids is 1. The third kappa shape index (κ3) is 3.74. The van der Waals surface area contributed by atoms with E-state index in [2.05, 4.69) is 15.5 Å². The van der Waals surface area contributed by atoms with Crippen molar-refractivity contribution in [3.8, 4) is 0 Å². The van der Waals surface area contributed by atoms with Crippen molar-refractivity contribution in [2.24, 2.45) is 5.92 Å². The Hall–Kier alpha value is -1.01. The second-order valence-electron chi connectivity index (χ2n) is 4.86. The standard InChI is InChI=1S/C12H19N3O2S/c1-8-14-15-12(18-8)6-11(17)13-10-4-2-9(7-16)3-5-10/h9-10,16H,2-7H2,1H3,(H,13,17). The maximum absolute atomic E-state index is 11.8. The molecule has 0 unspecified atom stereocenters. The first-order chi connectivity index (χ1) is 8.67. The molecular weight excluding hydrogens is 250 g/mol. The van der Waals surface area contributed by atoms with Gasteiger partial charge in [-0.3, -0.25) is 4.79 Å². The van der Waals surface area contributed by atoms with Crippen LogP contribution in [0.3, 0.4) is 0 Å². The number of nitrogens with one attached hydrogen (secondary N) is 1. The quantitative estimate of drug-likeness (QED) is 0.857. The van der Waals surface area contributed by atoms with Crippen LogP contribution < -0.4 is 5.32 Å². The number of hydrogen-bond acceptors (Lipinski definition) is 5. The van der Waals surface area contributed by atoms with Gasteiger partial charge in [0.25, 0.3) is 0 Å². The number of aliphatic hydroxyl groups excluding tert-OH is 1. The Morgan fingerprint density at radius 3 is 2.67 bits per heavy atom. The minimum Gasteiger partial charge on any atom is -0.396 e. The third-order valence-corrected chi connectivity index (χ3v) is 4.19. The van der Waals surface area contributed by atoms with Gasteiger partial charge in [-0.1, -0.05) is 0 Å². The van der Waals surface area contributed by atoms with Crippen LogP contribution >= 0.6 is 11.3 Å². The zero-order chi connectivity index (χ0) is 13.0. The molecule has 0 aliphatic heterocycles. The molecule has 5 nitrogen and oxygen atoms in total.